The zero-order chi connectivity index (χ0) is 18.3. The number of nitriles is 2. The van der Waals surface area contributed by atoms with Crippen LogP contribution < -0.4 is 0 Å². The molecule has 2 saturated carbocycles. The molecule has 0 spiro atoms. The van der Waals surface area contributed by atoms with Crippen LogP contribution in [0.1, 0.15) is 60.8 Å². The van der Waals surface area contributed by atoms with Gasteiger partial charge in [0.05, 0.1) is 29.4 Å². The first-order valence-corrected chi connectivity index (χ1v) is 9.04. The van der Waals surface area contributed by atoms with Crippen LogP contribution in [0.25, 0.3) is 0 Å². The molecule has 24 heavy (non-hydrogen) atoms. The van der Waals surface area contributed by atoms with Crippen LogP contribution in [-0.2, 0) is 9.53 Å². The zero-order valence-electron chi connectivity index (χ0n) is 15.8. The van der Waals surface area contributed by atoms with E-state index in [9.17, 15) is 15.3 Å². The van der Waals surface area contributed by atoms with Gasteiger partial charge in [-0.2, -0.15) is 10.5 Å². The molecule has 6 atom stereocenters. The molecule has 4 nitrogen and oxygen atoms in total. The first kappa shape index (κ1) is 18.8. The second-order valence-corrected chi connectivity index (χ2v) is 9.46. The largest absolute Gasteiger partial charge is 0.462 e. The van der Waals surface area contributed by atoms with Gasteiger partial charge in [-0.1, -0.05) is 34.6 Å². The fourth-order valence-corrected chi connectivity index (χ4v) is 4.68. The summed E-state index contributed by atoms with van der Waals surface area (Å²) in [4.78, 5) is 13.0. The van der Waals surface area contributed by atoms with E-state index in [0.717, 1.165) is 19.3 Å². The van der Waals surface area contributed by atoms with Gasteiger partial charge in [-0.25, -0.2) is 0 Å². The molecule has 2 aliphatic rings. The molecule has 132 valence electrons. The quantitative estimate of drug-likeness (QED) is 0.720. The molecule has 0 N–H and O–H groups in total. The first-order chi connectivity index (χ1) is 11.0. The maximum absolute atomic E-state index is 13.0. The van der Waals surface area contributed by atoms with Crippen molar-refractivity contribution in [2.75, 3.05) is 0 Å². The number of fused-ring (bicyclic) bond motifs is 2. The summed E-state index contributed by atoms with van der Waals surface area (Å²) < 4.78 is 5.94. The van der Waals surface area contributed by atoms with E-state index in [0.29, 0.717) is 0 Å². The lowest BCUT2D eigenvalue weighted by atomic mass is 9.68. The van der Waals surface area contributed by atoms with Crippen molar-refractivity contribution in [3.8, 4) is 12.1 Å². The molecule has 0 amide bonds. The van der Waals surface area contributed by atoms with E-state index in [4.69, 9.17) is 4.74 Å². The Morgan fingerprint density at radius 3 is 2.17 bits per heavy atom. The molecule has 0 radical (unpaired) electrons. The average Bonchev–Trinajstić information content (AvgIpc) is 3.01. The summed E-state index contributed by atoms with van der Waals surface area (Å²) in [5, 5.41) is 18.7. The van der Waals surface area contributed by atoms with Gasteiger partial charge < -0.3 is 4.74 Å². The van der Waals surface area contributed by atoms with E-state index in [1.54, 1.807) is 0 Å². The van der Waals surface area contributed by atoms with Gasteiger partial charge in [0.25, 0.3) is 0 Å². The first-order valence-electron chi connectivity index (χ1n) is 9.04. The number of nitrogens with zero attached hydrogens (tertiary/aromatic N) is 2. The summed E-state index contributed by atoms with van der Waals surface area (Å²) >= 11 is 0. The van der Waals surface area contributed by atoms with E-state index >= 15 is 0 Å². The third kappa shape index (κ3) is 3.30. The highest BCUT2D eigenvalue weighted by atomic mass is 16.5. The van der Waals surface area contributed by atoms with Gasteiger partial charge in [0.1, 0.15) is 6.10 Å². The number of ether oxygens (including phenoxy) is 1. The SMILES string of the molecule is CC(C)C(C)(CC(C)(C)C)C(=O)OC1CC2CC1C(C#N)C2C#N. The van der Waals surface area contributed by atoms with Crippen LogP contribution in [-0.4, -0.2) is 12.1 Å². The molecular weight excluding hydrogens is 300 g/mol. The van der Waals surface area contributed by atoms with Crippen molar-refractivity contribution in [3.63, 3.8) is 0 Å². The molecule has 0 aromatic carbocycles. The Balaban J connectivity index is 2.13. The maximum Gasteiger partial charge on any atom is 0.312 e. The van der Waals surface area contributed by atoms with Crippen LogP contribution in [0.15, 0.2) is 0 Å². The van der Waals surface area contributed by atoms with Gasteiger partial charge in [0.2, 0.25) is 0 Å². The van der Waals surface area contributed by atoms with E-state index in [2.05, 4.69) is 46.8 Å². The van der Waals surface area contributed by atoms with Gasteiger partial charge in [0, 0.05) is 5.92 Å². The van der Waals surface area contributed by atoms with Crippen LogP contribution in [0.5, 0.6) is 0 Å². The number of rotatable bonds is 4. The summed E-state index contributed by atoms with van der Waals surface area (Å²) in [7, 11) is 0. The van der Waals surface area contributed by atoms with Gasteiger partial charge in [-0.05, 0) is 43.4 Å². The van der Waals surface area contributed by atoms with Gasteiger partial charge in [0.15, 0.2) is 0 Å². The Labute approximate surface area is 146 Å². The second kappa shape index (κ2) is 6.40. The standard InChI is InChI=1S/C20H30N2O2/c1-12(2)20(6,11-19(3,4)5)18(23)24-17-8-13-7-14(17)16(10-22)15(13)9-21/h12-17H,7-8,11H2,1-6H3. The smallest absolute Gasteiger partial charge is 0.312 e. The summed E-state index contributed by atoms with van der Waals surface area (Å²) in [6.45, 7) is 12.6. The van der Waals surface area contributed by atoms with Gasteiger partial charge in [-0.15, -0.1) is 0 Å². The van der Waals surface area contributed by atoms with Crippen LogP contribution in [0, 0.1) is 63.1 Å². The lowest BCUT2D eigenvalue weighted by molar-refractivity contribution is -0.169. The molecule has 0 saturated heterocycles. The van der Waals surface area contributed by atoms with Crippen molar-refractivity contribution in [3.05, 3.63) is 0 Å². The second-order valence-electron chi connectivity index (χ2n) is 9.46. The number of esters is 1. The fourth-order valence-electron chi connectivity index (χ4n) is 4.68. The van der Waals surface area contributed by atoms with Crippen molar-refractivity contribution in [1.82, 2.24) is 0 Å². The molecule has 2 bridgehead atoms. The van der Waals surface area contributed by atoms with Crippen LogP contribution in [0.4, 0.5) is 0 Å². The van der Waals surface area contributed by atoms with Crippen LogP contribution in [0.3, 0.4) is 0 Å². The summed E-state index contributed by atoms with van der Waals surface area (Å²) in [5.74, 6) is -0.216. The minimum atomic E-state index is -0.531. The molecule has 6 unspecified atom stereocenters. The lowest BCUT2D eigenvalue weighted by Crippen LogP contribution is -2.42. The Hall–Kier alpha value is -1.55. The predicted octanol–water partition coefficient (Wildman–Crippen LogP) is 4.32. The number of carbonyl (C=O) groups excluding carboxylic acids is 1. The Bertz CT molecular complexity index is 578. The molecule has 0 aliphatic heterocycles. The van der Waals surface area contributed by atoms with Crippen molar-refractivity contribution in [1.29, 1.82) is 10.5 Å². The number of hydrogen-bond acceptors (Lipinski definition) is 4. The minimum absolute atomic E-state index is 0.0275. The molecule has 2 aliphatic carbocycles. The lowest BCUT2D eigenvalue weighted by Gasteiger charge is -2.39. The summed E-state index contributed by atoms with van der Waals surface area (Å²) in [5.41, 5.74) is -0.495. The van der Waals surface area contributed by atoms with Gasteiger partial charge in [-0.3, -0.25) is 4.79 Å². The van der Waals surface area contributed by atoms with Crippen LogP contribution >= 0.6 is 0 Å². The molecular formula is C20H30N2O2. The van der Waals surface area contributed by atoms with E-state index in [1.807, 2.05) is 6.92 Å². The number of carbonyl (C=O) groups is 1. The Morgan fingerprint density at radius 1 is 1.12 bits per heavy atom. The van der Waals surface area contributed by atoms with E-state index < -0.39 is 5.41 Å². The molecule has 2 rings (SSSR count). The normalized spacial score (nSPS) is 34.5. The monoisotopic (exact) mass is 330 g/mol. The predicted molar refractivity (Wildman–Crippen MR) is 91.3 cm³/mol. The zero-order valence-corrected chi connectivity index (χ0v) is 15.8. The van der Waals surface area contributed by atoms with Crippen molar-refractivity contribution in [2.45, 2.75) is 66.9 Å². The topological polar surface area (TPSA) is 73.9 Å². The molecule has 0 aromatic heterocycles. The molecule has 0 aromatic rings. The molecule has 2 fully saturated rings. The maximum atomic E-state index is 13.0. The Morgan fingerprint density at radius 2 is 1.71 bits per heavy atom. The van der Waals surface area contributed by atoms with Crippen molar-refractivity contribution in [2.24, 2.45) is 40.4 Å². The summed E-state index contributed by atoms with van der Waals surface area (Å²) in [6.07, 6.45) is 2.14. The molecule has 4 heteroatoms. The highest BCUT2D eigenvalue weighted by molar-refractivity contribution is 5.77. The van der Waals surface area contributed by atoms with E-state index in [-0.39, 0.29) is 47.1 Å². The van der Waals surface area contributed by atoms with E-state index in [1.165, 1.54) is 0 Å². The minimum Gasteiger partial charge on any atom is -0.462 e. The third-order valence-electron chi connectivity index (χ3n) is 6.14. The fraction of sp³-hybridized carbons (Fsp3) is 0.850. The Kier molecular flexibility index (Phi) is 5.01. The third-order valence-corrected chi connectivity index (χ3v) is 6.14. The van der Waals surface area contributed by atoms with Crippen LogP contribution in [0.2, 0.25) is 0 Å². The highest BCUT2D eigenvalue weighted by Crippen LogP contribution is 2.53. The number of hydrogen-bond donors (Lipinski definition) is 0. The highest BCUT2D eigenvalue weighted by Gasteiger charge is 2.55. The molecule has 0 heterocycles. The average molecular weight is 330 g/mol. The summed E-state index contributed by atoms with van der Waals surface area (Å²) in [6, 6.07) is 4.57. The van der Waals surface area contributed by atoms with Crippen molar-refractivity contribution >= 4 is 5.97 Å². The van der Waals surface area contributed by atoms with Crippen molar-refractivity contribution < 1.29 is 9.53 Å². The van der Waals surface area contributed by atoms with Gasteiger partial charge >= 0.3 is 5.97 Å².